The van der Waals surface area contributed by atoms with Gasteiger partial charge in [0.05, 0.1) is 0 Å². The molecular weight excluding hydrogens is 273 g/mol. The van der Waals surface area contributed by atoms with Crippen molar-refractivity contribution in [3.8, 4) is 0 Å². The molecule has 0 saturated carbocycles. The highest BCUT2D eigenvalue weighted by Crippen LogP contribution is 2.13. The van der Waals surface area contributed by atoms with Crippen LogP contribution in [0.1, 0.15) is 16.1 Å². The third-order valence-corrected chi connectivity index (χ3v) is 2.86. The highest BCUT2D eigenvalue weighted by Gasteiger charge is 2.09. The summed E-state index contributed by atoms with van der Waals surface area (Å²) in [6.07, 6.45) is 0.733. The topological polar surface area (TPSA) is 42.2 Å². The lowest BCUT2D eigenvalue weighted by molar-refractivity contribution is 0.0926. The Bertz CT molecular complexity index is 534. The Hall–Kier alpha value is -1.45. The first-order chi connectivity index (χ1) is 8.65. The number of rotatable bonds is 4. The van der Waals surface area contributed by atoms with Crippen molar-refractivity contribution >= 4 is 29.1 Å². The summed E-state index contributed by atoms with van der Waals surface area (Å²) in [5.41, 5.74) is 1.11. The van der Waals surface area contributed by atoms with Crippen LogP contribution in [0.15, 0.2) is 40.8 Å². The van der Waals surface area contributed by atoms with Crippen LogP contribution in [0.3, 0.4) is 0 Å². The van der Waals surface area contributed by atoms with E-state index in [4.69, 9.17) is 27.6 Å². The first-order valence-corrected chi connectivity index (χ1v) is 6.19. The summed E-state index contributed by atoms with van der Waals surface area (Å²) < 4.78 is 5.00. The molecule has 1 N–H and O–H groups in total. The maximum atomic E-state index is 11.6. The number of nitrogens with one attached hydrogen (secondary N) is 1. The van der Waals surface area contributed by atoms with E-state index in [0.717, 1.165) is 12.0 Å². The maximum absolute atomic E-state index is 11.6. The number of hydrogen-bond donors (Lipinski definition) is 1. The molecule has 0 aliphatic carbocycles. The standard InChI is InChI=1S/C13H11Cl2NO2/c14-10-3-1-9(2-4-10)7-8-16-13(17)11-5-6-12(15)18-11/h1-6H,7-8H2,(H,16,17). The Labute approximate surface area is 115 Å². The fourth-order valence-electron chi connectivity index (χ4n) is 1.49. The van der Waals surface area contributed by atoms with Crippen LogP contribution in [0.4, 0.5) is 0 Å². The maximum Gasteiger partial charge on any atom is 0.287 e. The van der Waals surface area contributed by atoms with E-state index in [0.29, 0.717) is 11.6 Å². The molecule has 1 heterocycles. The van der Waals surface area contributed by atoms with Crippen molar-refractivity contribution in [3.05, 3.63) is 58.0 Å². The molecule has 2 rings (SSSR count). The van der Waals surface area contributed by atoms with E-state index in [1.54, 1.807) is 6.07 Å². The van der Waals surface area contributed by atoms with Gasteiger partial charge in [-0.2, -0.15) is 0 Å². The summed E-state index contributed by atoms with van der Waals surface area (Å²) >= 11 is 11.4. The summed E-state index contributed by atoms with van der Waals surface area (Å²) in [7, 11) is 0. The van der Waals surface area contributed by atoms with E-state index >= 15 is 0 Å². The van der Waals surface area contributed by atoms with Gasteiger partial charge >= 0.3 is 0 Å². The number of carbonyl (C=O) groups is 1. The molecule has 1 aromatic carbocycles. The SMILES string of the molecule is O=C(NCCc1ccc(Cl)cc1)c1ccc(Cl)o1. The first-order valence-electron chi connectivity index (χ1n) is 5.43. The number of amides is 1. The normalized spacial score (nSPS) is 10.3. The van der Waals surface area contributed by atoms with Gasteiger partial charge in [-0.3, -0.25) is 4.79 Å². The van der Waals surface area contributed by atoms with Gasteiger partial charge in [-0.25, -0.2) is 0 Å². The van der Waals surface area contributed by atoms with Gasteiger partial charge in [0.15, 0.2) is 11.0 Å². The predicted molar refractivity (Wildman–Crippen MR) is 71.2 cm³/mol. The number of carbonyl (C=O) groups excluding carboxylic acids is 1. The molecule has 0 radical (unpaired) electrons. The molecule has 1 amide bonds. The molecule has 0 unspecified atom stereocenters. The van der Waals surface area contributed by atoms with E-state index in [1.165, 1.54) is 6.07 Å². The van der Waals surface area contributed by atoms with Crippen LogP contribution < -0.4 is 5.32 Å². The molecule has 5 heteroatoms. The summed E-state index contributed by atoms with van der Waals surface area (Å²) in [5, 5.41) is 3.66. The van der Waals surface area contributed by atoms with Crippen molar-refractivity contribution in [1.82, 2.24) is 5.32 Å². The van der Waals surface area contributed by atoms with Crippen molar-refractivity contribution in [2.45, 2.75) is 6.42 Å². The summed E-state index contributed by atoms with van der Waals surface area (Å²) in [4.78, 5) is 11.6. The second kappa shape index (κ2) is 5.94. The van der Waals surface area contributed by atoms with Crippen molar-refractivity contribution in [3.63, 3.8) is 0 Å². The van der Waals surface area contributed by atoms with Gasteiger partial charge in [-0.1, -0.05) is 23.7 Å². The van der Waals surface area contributed by atoms with E-state index in [-0.39, 0.29) is 16.9 Å². The van der Waals surface area contributed by atoms with Gasteiger partial charge < -0.3 is 9.73 Å². The number of halogens is 2. The third-order valence-electron chi connectivity index (χ3n) is 2.41. The zero-order chi connectivity index (χ0) is 13.0. The molecule has 0 bridgehead atoms. The Balaban J connectivity index is 1.82. The lowest BCUT2D eigenvalue weighted by Crippen LogP contribution is -2.25. The lowest BCUT2D eigenvalue weighted by atomic mass is 10.1. The van der Waals surface area contributed by atoms with E-state index < -0.39 is 0 Å². The Morgan fingerprint density at radius 2 is 1.83 bits per heavy atom. The van der Waals surface area contributed by atoms with Crippen LogP contribution in [0.5, 0.6) is 0 Å². The van der Waals surface area contributed by atoms with Gasteiger partial charge in [0.2, 0.25) is 0 Å². The number of furan rings is 1. The van der Waals surface area contributed by atoms with Crippen LogP contribution in [0, 0.1) is 0 Å². The third kappa shape index (κ3) is 3.52. The molecule has 0 aliphatic rings. The summed E-state index contributed by atoms with van der Waals surface area (Å²) in [5.74, 6) is -0.0491. The van der Waals surface area contributed by atoms with Gasteiger partial charge in [0.1, 0.15) is 0 Å². The fourth-order valence-corrected chi connectivity index (χ4v) is 1.77. The van der Waals surface area contributed by atoms with E-state index in [9.17, 15) is 4.79 Å². The van der Waals surface area contributed by atoms with Gasteiger partial charge in [0, 0.05) is 11.6 Å². The minimum atomic E-state index is -0.268. The zero-order valence-corrected chi connectivity index (χ0v) is 11.0. The average molecular weight is 284 g/mol. The predicted octanol–water partition coefficient (Wildman–Crippen LogP) is 3.56. The summed E-state index contributed by atoms with van der Waals surface area (Å²) in [6, 6.07) is 10.6. The minimum absolute atomic E-state index is 0.206. The van der Waals surface area contributed by atoms with Crippen molar-refractivity contribution in [2.24, 2.45) is 0 Å². The molecule has 18 heavy (non-hydrogen) atoms. The molecular formula is C13H11Cl2NO2. The quantitative estimate of drug-likeness (QED) is 0.932. The Kier molecular flexibility index (Phi) is 4.28. The van der Waals surface area contributed by atoms with Gasteiger partial charge in [0.25, 0.3) is 5.91 Å². The van der Waals surface area contributed by atoms with Crippen molar-refractivity contribution in [2.75, 3.05) is 6.54 Å². The van der Waals surface area contributed by atoms with Crippen molar-refractivity contribution in [1.29, 1.82) is 0 Å². The minimum Gasteiger partial charge on any atom is -0.440 e. The van der Waals surface area contributed by atoms with E-state index in [2.05, 4.69) is 5.32 Å². The van der Waals surface area contributed by atoms with Gasteiger partial charge in [-0.15, -0.1) is 0 Å². The Morgan fingerprint density at radius 3 is 2.44 bits per heavy atom. The van der Waals surface area contributed by atoms with Crippen LogP contribution in [-0.2, 0) is 6.42 Å². The molecule has 0 aliphatic heterocycles. The highest BCUT2D eigenvalue weighted by molar-refractivity contribution is 6.30. The second-order valence-electron chi connectivity index (χ2n) is 3.74. The van der Waals surface area contributed by atoms with Crippen LogP contribution in [0.25, 0.3) is 0 Å². The molecule has 0 atom stereocenters. The molecule has 94 valence electrons. The first kappa shape index (κ1) is 13.0. The molecule has 0 fully saturated rings. The molecule has 3 nitrogen and oxygen atoms in total. The molecule has 0 saturated heterocycles. The number of benzene rings is 1. The van der Waals surface area contributed by atoms with Crippen LogP contribution >= 0.6 is 23.2 Å². The molecule has 2 aromatic rings. The largest absolute Gasteiger partial charge is 0.440 e. The fraction of sp³-hybridized carbons (Fsp3) is 0.154. The monoisotopic (exact) mass is 283 g/mol. The van der Waals surface area contributed by atoms with Crippen LogP contribution in [0.2, 0.25) is 10.2 Å². The average Bonchev–Trinajstić information content (AvgIpc) is 2.78. The van der Waals surface area contributed by atoms with Crippen LogP contribution in [-0.4, -0.2) is 12.5 Å². The molecule has 0 spiro atoms. The smallest absolute Gasteiger partial charge is 0.287 e. The van der Waals surface area contributed by atoms with Gasteiger partial charge in [-0.05, 0) is 47.9 Å². The molecule has 1 aromatic heterocycles. The van der Waals surface area contributed by atoms with Crippen molar-refractivity contribution < 1.29 is 9.21 Å². The van der Waals surface area contributed by atoms with E-state index in [1.807, 2.05) is 24.3 Å². The number of hydrogen-bond acceptors (Lipinski definition) is 2. The Morgan fingerprint density at radius 1 is 1.11 bits per heavy atom. The lowest BCUT2D eigenvalue weighted by Gasteiger charge is -2.03. The summed E-state index contributed by atoms with van der Waals surface area (Å²) in [6.45, 7) is 0.527. The zero-order valence-electron chi connectivity index (χ0n) is 9.45. The second-order valence-corrected chi connectivity index (χ2v) is 4.55. The highest BCUT2D eigenvalue weighted by atomic mass is 35.5.